The summed E-state index contributed by atoms with van der Waals surface area (Å²) < 4.78 is 10.8. The lowest BCUT2D eigenvalue weighted by molar-refractivity contribution is -0.211. The third kappa shape index (κ3) is 3.30. The van der Waals surface area contributed by atoms with Crippen LogP contribution in [-0.2, 0) is 19.1 Å². The number of carbonyl (C=O) groups is 2. The third-order valence-electron chi connectivity index (χ3n) is 10.1. The second-order valence-electron chi connectivity index (χ2n) is 11.2. The molecule has 0 spiro atoms. The van der Waals surface area contributed by atoms with Crippen molar-refractivity contribution in [3.8, 4) is 0 Å². The number of hydrogen-bond acceptors (Lipinski definition) is 5. The number of aliphatic hydroxyl groups is 1. The van der Waals surface area contributed by atoms with Crippen molar-refractivity contribution in [2.45, 2.75) is 104 Å². The van der Waals surface area contributed by atoms with E-state index in [-0.39, 0.29) is 12.0 Å². The van der Waals surface area contributed by atoms with Crippen molar-refractivity contribution in [3.05, 3.63) is 0 Å². The Morgan fingerprint density at radius 3 is 2.37 bits per heavy atom. The summed E-state index contributed by atoms with van der Waals surface area (Å²) in [5.41, 5.74) is -1.00. The van der Waals surface area contributed by atoms with Crippen LogP contribution in [0.1, 0.15) is 91.9 Å². The van der Waals surface area contributed by atoms with E-state index >= 15 is 0 Å². The normalized spacial score (nSPS) is 46.2. The van der Waals surface area contributed by atoms with Gasteiger partial charge in [0.1, 0.15) is 12.2 Å². The highest BCUT2D eigenvalue weighted by Crippen LogP contribution is 2.68. The van der Waals surface area contributed by atoms with Gasteiger partial charge in [0.2, 0.25) is 0 Å². The molecule has 0 aromatic heterocycles. The summed E-state index contributed by atoms with van der Waals surface area (Å²) in [4.78, 5) is 23.2. The molecule has 0 bridgehead atoms. The topological polar surface area (TPSA) is 72.8 Å². The third-order valence-corrected chi connectivity index (χ3v) is 10.1. The van der Waals surface area contributed by atoms with Gasteiger partial charge in [-0.1, -0.05) is 26.7 Å². The van der Waals surface area contributed by atoms with Gasteiger partial charge in [-0.05, 0) is 80.5 Å². The van der Waals surface area contributed by atoms with E-state index in [1.807, 2.05) is 0 Å². The summed E-state index contributed by atoms with van der Waals surface area (Å²) in [6.07, 6.45) is 11.0. The number of rotatable bonds is 4. The molecule has 5 heteroatoms. The van der Waals surface area contributed by atoms with Crippen LogP contribution < -0.4 is 0 Å². The summed E-state index contributed by atoms with van der Waals surface area (Å²) in [5.74, 6) is 1.85. The van der Waals surface area contributed by atoms with E-state index < -0.39 is 23.6 Å². The van der Waals surface area contributed by atoms with Crippen molar-refractivity contribution < 1.29 is 24.2 Å². The molecule has 0 radical (unpaired) electrons. The van der Waals surface area contributed by atoms with Gasteiger partial charge in [0.15, 0.2) is 6.10 Å². The summed E-state index contributed by atoms with van der Waals surface area (Å²) in [6.45, 7) is 7.41. The van der Waals surface area contributed by atoms with E-state index in [1.165, 1.54) is 52.4 Å². The minimum absolute atomic E-state index is 0.0678. The summed E-state index contributed by atoms with van der Waals surface area (Å²) in [6, 6.07) is 0. The van der Waals surface area contributed by atoms with Crippen LogP contribution in [0.5, 0.6) is 0 Å². The molecule has 6 unspecified atom stereocenters. The number of carbonyl (C=O) groups excluding carboxylic acids is 2. The van der Waals surface area contributed by atoms with Crippen molar-refractivity contribution in [1.82, 2.24) is 0 Å². The highest BCUT2D eigenvalue weighted by Gasteiger charge is 2.67. The van der Waals surface area contributed by atoms with E-state index in [0.717, 1.165) is 31.1 Å². The van der Waals surface area contributed by atoms with Crippen LogP contribution in [0.4, 0.5) is 0 Å². The van der Waals surface area contributed by atoms with Gasteiger partial charge in [-0.2, -0.15) is 0 Å². The maximum atomic E-state index is 12.0. The predicted molar refractivity (Wildman–Crippen MR) is 113 cm³/mol. The van der Waals surface area contributed by atoms with Crippen LogP contribution in [0.15, 0.2) is 0 Å². The van der Waals surface area contributed by atoms with E-state index in [2.05, 4.69) is 13.8 Å². The van der Waals surface area contributed by atoms with E-state index in [4.69, 9.17) is 9.47 Å². The molecule has 1 N–H and O–H groups in total. The minimum atomic E-state index is -1.14. The molecule has 4 saturated carbocycles. The zero-order chi connectivity index (χ0) is 21.7. The number of esters is 2. The largest absolute Gasteiger partial charge is 0.462 e. The Morgan fingerprint density at radius 2 is 1.67 bits per heavy atom. The Kier molecular flexibility index (Phi) is 5.74. The van der Waals surface area contributed by atoms with Crippen LogP contribution in [0.3, 0.4) is 0 Å². The summed E-state index contributed by atoms with van der Waals surface area (Å²) >= 11 is 0. The standard InChI is InChI=1S/C25H40O5/c1-16(26)29-15-22(30-17(2)27)25(28)14-11-21-19-9-8-18-7-5-6-12-23(18,3)20(19)10-13-24(21,25)4/h18-22,28H,5-15H2,1-4H3/t18-,19?,20?,21?,22?,23?,24?,25+/m1/s1. The maximum absolute atomic E-state index is 12.0. The molecule has 0 aromatic rings. The van der Waals surface area contributed by atoms with E-state index in [9.17, 15) is 14.7 Å². The van der Waals surface area contributed by atoms with E-state index in [1.54, 1.807) is 0 Å². The highest BCUT2D eigenvalue weighted by atomic mass is 16.6. The van der Waals surface area contributed by atoms with Gasteiger partial charge < -0.3 is 14.6 Å². The second kappa shape index (κ2) is 7.79. The Morgan fingerprint density at radius 1 is 0.933 bits per heavy atom. The molecule has 8 atom stereocenters. The lowest BCUT2D eigenvalue weighted by atomic mass is 9.44. The lowest BCUT2D eigenvalue weighted by Crippen LogP contribution is -2.61. The van der Waals surface area contributed by atoms with Gasteiger partial charge in [0, 0.05) is 19.3 Å². The first-order valence-electron chi connectivity index (χ1n) is 12.1. The molecular formula is C25H40O5. The molecule has 30 heavy (non-hydrogen) atoms. The molecule has 0 heterocycles. The van der Waals surface area contributed by atoms with Crippen LogP contribution in [0, 0.1) is 34.5 Å². The van der Waals surface area contributed by atoms with Gasteiger partial charge in [-0.15, -0.1) is 0 Å². The first-order chi connectivity index (χ1) is 14.1. The average molecular weight is 421 g/mol. The van der Waals surface area contributed by atoms with Gasteiger partial charge in [-0.25, -0.2) is 0 Å². The van der Waals surface area contributed by atoms with Gasteiger partial charge in [0.05, 0.1) is 0 Å². The number of ether oxygens (including phenoxy) is 2. The molecule has 0 aliphatic heterocycles. The smallest absolute Gasteiger partial charge is 0.303 e. The Labute approximate surface area is 181 Å². The Balaban J connectivity index is 1.60. The van der Waals surface area contributed by atoms with Crippen LogP contribution in [-0.4, -0.2) is 35.4 Å². The average Bonchev–Trinajstić information content (AvgIpc) is 2.96. The van der Waals surface area contributed by atoms with E-state index in [0.29, 0.717) is 23.7 Å². The zero-order valence-corrected chi connectivity index (χ0v) is 19.2. The minimum Gasteiger partial charge on any atom is -0.462 e. The number of fused-ring (bicyclic) bond motifs is 5. The SMILES string of the molecule is CC(=O)OCC(OC(C)=O)[C@@]1(O)CCC2C3CC[C@H]4CCCCC4(C)C3CCC21C. The predicted octanol–water partition coefficient (Wildman–Crippen LogP) is 4.65. The van der Waals surface area contributed by atoms with Crippen molar-refractivity contribution in [2.24, 2.45) is 34.5 Å². The van der Waals surface area contributed by atoms with Crippen molar-refractivity contribution >= 4 is 11.9 Å². The zero-order valence-electron chi connectivity index (χ0n) is 19.2. The van der Waals surface area contributed by atoms with Crippen molar-refractivity contribution in [2.75, 3.05) is 6.61 Å². The molecule has 4 rings (SSSR count). The second-order valence-corrected chi connectivity index (χ2v) is 11.2. The van der Waals surface area contributed by atoms with Gasteiger partial charge in [0.25, 0.3) is 0 Å². The molecule has 4 aliphatic rings. The first kappa shape index (κ1) is 22.1. The fourth-order valence-electron chi connectivity index (χ4n) is 8.54. The van der Waals surface area contributed by atoms with Crippen molar-refractivity contribution in [3.63, 3.8) is 0 Å². The molecule has 0 saturated heterocycles. The molecular weight excluding hydrogens is 380 g/mol. The fraction of sp³-hybridized carbons (Fsp3) is 0.920. The van der Waals surface area contributed by atoms with Crippen LogP contribution >= 0.6 is 0 Å². The first-order valence-corrected chi connectivity index (χ1v) is 12.1. The van der Waals surface area contributed by atoms with Crippen molar-refractivity contribution in [1.29, 1.82) is 0 Å². The quantitative estimate of drug-likeness (QED) is 0.671. The van der Waals surface area contributed by atoms with Gasteiger partial charge >= 0.3 is 11.9 Å². The lowest BCUT2D eigenvalue weighted by Gasteiger charge is -2.61. The molecule has 4 fully saturated rings. The van der Waals surface area contributed by atoms with Gasteiger partial charge in [-0.3, -0.25) is 9.59 Å². The Bertz CT molecular complexity index is 691. The number of hydrogen-bond donors (Lipinski definition) is 1. The Hall–Kier alpha value is -1.10. The van der Waals surface area contributed by atoms with Crippen LogP contribution in [0.25, 0.3) is 0 Å². The molecule has 4 aliphatic carbocycles. The summed E-state index contributed by atoms with van der Waals surface area (Å²) in [7, 11) is 0. The molecule has 170 valence electrons. The van der Waals surface area contributed by atoms with Crippen LogP contribution in [0.2, 0.25) is 0 Å². The molecule has 0 amide bonds. The molecule has 5 nitrogen and oxygen atoms in total. The highest BCUT2D eigenvalue weighted by molar-refractivity contribution is 5.67. The monoisotopic (exact) mass is 420 g/mol. The maximum Gasteiger partial charge on any atom is 0.303 e. The summed E-state index contributed by atoms with van der Waals surface area (Å²) in [5, 5.41) is 12.0. The fourth-order valence-corrected chi connectivity index (χ4v) is 8.54. The molecule has 0 aromatic carbocycles.